The van der Waals surface area contributed by atoms with Gasteiger partial charge in [0.15, 0.2) is 43.9 Å². The summed E-state index contributed by atoms with van der Waals surface area (Å²) < 4.78 is 34.3. The number of hydrogen-bond acceptors (Lipinski definition) is 17. The zero-order chi connectivity index (χ0) is 36.6. The van der Waals surface area contributed by atoms with Gasteiger partial charge in [0, 0.05) is 25.7 Å². The van der Waals surface area contributed by atoms with E-state index in [1.165, 1.54) is 25.2 Å². The van der Waals surface area contributed by atoms with Gasteiger partial charge in [0.25, 0.3) is 5.56 Å². The van der Waals surface area contributed by atoms with Crippen LogP contribution in [-0.4, -0.2) is 72.0 Å². The summed E-state index contributed by atoms with van der Waals surface area (Å²) in [6.45, 7) is 13.1. The maximum atomic E-state index is 12.1. The number of anilines is 2. The normalized spacial score (nSPS) is 26.1. The topological polar surface area (TPSA) is 214 Å². The van der Waals surface area contributed by atoms with Crippen molar-refractivity contribution in [1.82, 2.24) is 29.1 Å². The smallest absolute Gasteiger partial charge is 0.303 e. The Morgan fingerprint density at radius 1 is 0.840 bits per heavy atom. The fourth-order valence-electron chi connectivity index (χ4n) is 6.31. The average molecular weight is 769 g/mol. The number of thiazole rings is 2. The van der Waals surface area contributed by atoms with Crippen molar-refractivity contribution in [2.75, 3.05) is 18.1 Å². The van der Waals surface area contributed by atoms with Crippen molar-refractivity contribution in [2.45, 2.75) is 98.2 Å². The van der Waals surface area contributed by atoms with Crippen molar-refractivity contribution in [3.8, 4) is 5.88 Å². The molecule has 6 rings (SSSR count). The van der Waals surface area contributed by atoms with Crippen molar-refractivity contribution in [3.63, 3.8) is 0 Å². The van der Waals surface area contributed by atoms with Crippen LogP contribution in [0.4, 0.5) is 11.9 Å². The number of rotatable bonds is 8. The zero-order valence-electron chi connectivity index (χ0n) is 28.5. The molecule has 2 fully saturated rings. The van der Waals surface area contributed by atoms with Gasteiger partial charge >= 0.3 is 11.9 Å². The first-order valence-corrected chi connectivity index (χ1v) is 18.5. The van der Waals surface area contributed by atoms with Gasteiger partial charge in [-0.05, 0) is 44.2 Å². The van der Waals surface area contributed by atoms with Gasteiger partial charge in [-0.15, -0.1) is 0 Å². The maximum absolute atomic E-state index is 12.1. The number of fused-ring (bicyclic) bond motifs is 2. The summed E-state index contributed by atoms with van der Waals surface area (Å²) in [6.07, 6.45) is -0.754. The standard InChI is InChI=1S/C16H22N4O4S2.C14H18N4O4S2/c1-5-9-7(3)10(23-8(4)21)14(24-9)20-12-11(26-16(20)25)13(22-6-2)19-15(17)18-12;1-4-7-5(2)8(21-6(3)19)12(22-7)18-10-9(24-14(18)23)11(20)17-13(15)16-10/h7,9-10,14H,5-6H2,1-4H3,(H2,17,18,19);5,7-8,12H,4H2,1-3H3,(H3,15,16,17,20)/t7-,9-,10-,14-;5-,7-,8-,12-/m11/s1. The summed E-state index contributed by atoms with van der Waals surface area (Å²) in [6, 6.07) is 0. The lowest BCUT2D eigenvalue weighted by atomic mass is 9.98. The van der Waals surface area contributed by atoms with Crippen LogP contribution < -0.4 is 21.8 Å². The number of nitrogens with two attached hydrogens (primary N) is 2. The summed E-state index contributed by atoms with van der Waals surface area (Å²) in [7, 11) is 0. The second-order valence-corrected chi connectivity index (χ2v) is 15.2. The third-order valence-corrected chi connectivity index (χ3v) is 11.3. The minimum atomic E-state index is -0.635. The van der Waals surface area contributed by atoms with Crippen LogP contribution in [0.1, 0.15) is 73.8 Å². The highest BCUT2D eigenvalue weighted by Gasteiger charge is 2.46. The lowest BCUT2D eigenvalue weighted by Gasteiger charge is -2.22. The van der Waals surface area contributed by atoms with Crippen LogP contribution in [-0.2, 0) is 28.5 Å². The summed E-state index contributed by atoms with van der Waals surface area (Å²) >= 11 is 13.4. The van der Waals surface area contributed by atoms with Crippen molar-refractivity contribution in [3.05, 3.63) is 18.3 Å². The highest BCUT2D eigenvalue weighted by molar-refractivity contribution is 7.74. The van der Waals surface area contributed by atoms with Crippen molar-refractivity contribution >= 4 is 91.6 Å². The quantitative estimate of drug-likeness (QED) is 0.158. The van der Waals surface area contributed by atoms with Gasteiger partial charge in [0.1, 0.15) is 9.40 Å². The first kappa shape index (κ1) is 37.7. The second kappa shape index (κ2) is 15.4. The first-order valence-electron chi connectivity index (χ1n) is 16.1. The maximum Gasteiger partial charge on any atom is 0.303 e. The van der Waals surface area contributed by atoms with Gasteiger partial charge in [0.05, 0.1) is 18.8 Å². The molecule has 16 nitrogen and oxygen atoms in total. The number of carbonyl (C=O) groups is 2. The molecule has 50 heavy (non-hydrogen) atoms. The molecule has 0 spiro atoms. The number of aromatic nitrogens is 6. The minimum Gasteiger partial charge on any atom is -0.477 e. The molecule has 8 atom stereocenters. The number of nitrogen functional groups attached to an aromatic ring is 2. The molecule has 0 saturated carbocycles. The molecule has 272 valence electrons. The number of ether oxygens (including phenoxy) is 5. The largest absolute Gasteiger partial charge is 0.477 e. The van der Waals surface area contributed by atoms with Crippen LogP contribution >= 0.6 is 47.1 Å². The number of aromatic amines is 1. The van der Waals surface area contributed by atoms with Crippen molar-refractivity contribution in [2.24, 2.45) is 11.8 Å². The Bertz CT molecular complexity index is 2080. The SMILES string of the molecule is CCOc1nc(N)nc2c1sc(=S)n2[C@@H]1O[C@H](CC)[C@@H](C)[C@H]1OC(C)=O.CC[C@H]1O[C@@H](n2c(=S)sc3c(=O)[nH]c(N)nc32)[C@H](OC(C)=O)[C@@H]1C. The van der Waals surface area contributed by atoms with Crippen LogP contribution in [0.25, 0.3) is 20.7 Å². The summed E-state index contributed by atoms with van der Waals surface area (Å²) in [5, 5.41) is 0. The van der Waals surface area contributed by atoms with E-state index in [0.29, 0.717) is 41.1 Å². The zero-order valence-corrected chi connectivity index (χ0v) is 31.8. The summed E-state index contributed by atoms with van der Waals surface area (Å²) in [5.41, 5.74) is 12.0. The lowest BCUT2D eigenvalue weighted by Crippen LogP contribution is -2.30. The Hall–Kier alpha value is -3.56. The van der Waals surface area contributed by atoms with E-state index in [2.05, 4.69) is 19.9 Å². The van der Waals surface area contributed by atoms with Gasteiger partial charge in [-0.1, -0.05) is 50.4 Å². The van der Waals surface area contributed by atoms with E-state index in [1.807, 2.05) is 34.6 Å². The number of esters is 2. The number of hydrogen-bond donors (Lipinski definition) is 3. The molecule has 0 bridgehead atoms. The third kappa shape index (κ3) is 7.26. The van der Waals surface area contributed by atoms with Crippen LogP contribution in [0.5, 0.6) is 5.88 Å². The van der Waals surface area contributed by atoms with E-state index < -0.39 is 30.6 Å². The molecule has 2 saturated heterocycles. The molecule has 0 aliphatic carbocycles. The van der Waals surface area contributed by atoms with Crippen LogP contribution in [0.15, 0.2) is 4.79 Å². The molecule has 4 aromatic heterocycles. The van der Waals surface area contributed by atoms with E-state index in [4.69, 9.17) is 59.6 Å². The third-order valence-electron chi connectivity index (χ3n) is 8.54. The lowest BCUT2D eigenvalue weighted by molar-refractivity contribution is -0.154. The van der Waals surface area contributed by atoms with Gasteiger partial charge < -0.3 is 35.2 Å². The average Bonchev–Trinajstić information content (AvgIpc) is 3.74. The molecular weight excluding hydrogens is 729 g/mol. The molecule has 2 aliphatic rings. The summed E-state index contributed by atoms with van der Waals surface area (Å²) in [5.74, 6) is -0.264. The second-order valence-electron chi connectivity index (χ2n) is 11.9. The van der Waals surface area contributed by atoms with Crippen LogP contribution in [0.3, 0.4) is 0 Å². The first-order chi connectivity index (χ1) is 23.7. The van der Waals surface area contributed by atoms with Crippen LogP contribution in [0, 0.1) is 19.7 Å². The van der Waals surface area contributed by atoms with E-state index in [9.17, 15) is 14.4 Å². The fraction of sp³-hybridized carbons (Fsp3) is 0.600. The molecule has 0 aromatic carbocycles. The van der Waals surface area contributed by atoms with E-state index in [0.717, 1.165) is 24.2 Å². The molecule has 0 radical (unpaired) electrons. The number of H-pyrrole nitrogens is 1. The predicted octanol–water partition coefficient (Wildman–Crippen LogP) is 5.05. The van der Waals surface area contributed by atoms with E-state index in [1.54, 1.807) is 9.13 Å². The fourth-order valence-corrected chi connectivity index (χ4v) is 8.92. The number of nitrogens with one attached hydrogen (secondary N) is 1. The Balaban J connectivity index is 0.000000195. The molecule has 0 amide bonds. The van der Waals surface area contributed by atoms with Gasteiger partial charge in [-0.3, -0.25) is 28.5 Å². The Labute approximate surface area is 305 Å². The Morgan fingerprint density at radius 3 is 1.78 bits per heavy atom. The summed E-state index contributed by atoms with van der Waals surface area (Å²) in [4.78, 5) is 50.4. The molecule has 5 N–H and O–H groups in total. The predicted molar refractivity (Wildman–Crippen MR) is 193 cm³/mol. The van der Waals surface area contributed by atoms with E-state index in [-0.39, 0.29) is 47.5 Å². The molecule has 4 aromatic rings. The Morgan fingerprint density at radius 2 is 1.32 bits per heavy atom. The molecule has 0 unspecified atom stereocenters. The molecule has 20 heteroatoms. The van der Waals surface area contributed by atoms with Gasteiger partial charge in [-0.25, -0.2) is 0 Å². The number of carbonyl (C=O) groups excluding carboxylic acids is 2. The number of nitrogens with zero attached hydrogens (tertiary/aromatic N) is 5. The monoisotopic (exact) mass is 768 g/mol. The molecular formula is C30H40N8O8S4. The highest BCUT2D eigenvalue weighted by atomic mass is 32.2. The Kier molecular flexibility index (Phi) is 11.6. The van der Waals surface area contributed by atoms with Crippen molar-refractivity contribution in [1.29, 1.82) is 0 Å². The molecule has 6 heterocycles. The molecule has 2 aliphatic heterocycles. The van der Waals surface area contributed by atoms with Crippen molar-refractivity contribution < 1.29 is 33.3 Å². The highest BCUT2D eigenvalue weighted by Crippen LogP contribution is 2.42. The van der Waals surface area contributed by atoms with Crippen LogP contribution in [0.2, 0.25) is 0 Å². The minimum absolute atomic E-state index is 0.00354. The van der Waals surface area contributed by atoms with E-state index >= 15 is 0 Å². The van der Waals surface area contributed by atoms with Gasteiger partial charge in [-0.2, -0.15) is 15.0 Å². The van der Waals surface area contributed by atoms with Gasteiger partial charge in [0.2, 0.25) is 17.8 Å².